The normalized spacial score (nSPS) is 16.2. The van der Waals surface area contributed by atoms with Crippen molar-refractivity contribution in [1.29, 1.82) is 0 Å². The Morgan fingerprint density at radius 3 is 2.44 bits per heavy atom. The van der Waals surface area contributed by atoms with E-state index in [9.17, 15) is 18.2 Å². The van der Waals surface area contributed by atoms with Crippen molar-refractivity contribution in [3.05, 3.63) is 119 Å². The molecule has 1 atom stereocenters. The molecule has 0 saturated heterocycles. The average molecular weight is 497 g/mol. The van der Waals surface area contributed by atoms with Crippen molar-refractivity contribution in [2.75, 3.05) is 16.3 Å². The molecule has 5 nitrogen and oxygen atoms in total. The van der Waals surface area contributed by atoms with Gasteiger partial charge in [-0.05, 0) is 66.1 Å². The standard InChI is InChI=1S/C29H21FN2O3S/c30-22-12-9-19(10-13-22)18-32-25-17-21(28(33)31-16-15-20-5-1-3-7-24(20)31)11-14-27(25)36(35)26-8-4-2-6-23(26)29(32)34/h1-14,17H,15-16,18H2. The Morgan fingerprint density at radius 1 is 0.861 bits per heavy atom. The second kappa shape index (κ2) is 8.84. The molecule has 0 aromatic heterocycles. The largest absolute Gasteiger partial charge is 0.308 e. The Bertz CT molecular complexity index is 1550. The Kier molecular flexibility index (Phi) is 5.49. The monoisotopic (exact) mass is 496 g/mol. The van der Waals surface area contributed by atoms with Gasteiger partial charge in [-0.2, -0.15) is 0 Å². The van der Waals surface area contributed by atoms with Gasteiger partial charge >= 0.3 is 0 Å². The quantitative estimate of drug-likeness (QED) is 0.384. The van der Waals surface area contributed by atoms with Crippen molar-refractivity contribution in [3.63, 3.8) is 0 Å². The second-order valence-electron chi connectivity index (χ2n) is 8.80. The molecule has 0 N–H and O–H groups in total. The Hall–Kier alpha value is -4.10. The lowest BCUT2D eigenvalue weighted by molar-refractivity contribution is 0.0974. The van der Waals surface area contributed by atoms with Crippen LogP contribution in [0.2, 0.25) is 0 Å². The summed E-state index contributed by atoms with van der Waals surface area (Å²) in [5.74, 6) is -0.866. The molecule has 36 heavy (non-hydrogen) atoms. The molecule has 0 saturated carbocycles. The van der Waals surface area contributed by atoms with Gasteiger partial charge < -0.3 is 9.80 Å². The number of carbonyl (C=O) groups is 2. The summed E-state index contributed by atoms with van der Waals surface area (Å²) < 4.78 is 27.1. The summed E-state index contributed by atoms with van der Waals surface area (Å²) in [6.45, 7) is 0.715. The molecule has 178 valence electrons. The van der Waals surface area contributed by atoms with Gasteiger partial charge in [-0.25, -0.2) is 8.60 Å². The van der Waals surface area contributed by atoms with Crippen LogP contribution in [-0.4, -0.2) is 22.6 Å². The molecule has 0 aliphatic carbocycles. The van der Waals surface area contributed by atoms with E-state index in [-0.39, 0.29) is 24.2 Å². The maximum atomic E-state index is 13.7. The van der Waals surface area contributed by atoms with E-state index >= 15 is 0 Å². The lowest BCUT2D eigenvalue weighted by atomic mass is 10.1. The molecular formula is C29H21FN2O3S. The van der Waals surface area contributed by atoms with Crippen molar-refractivity contribution in [1.82, 2.24) is 0 Å². The third-order valence-electron chi connectivity index (χ3n) is 6.65. The highest BCUT2D eigenvalue weighted by molar-refractivity contribution is 7.85. The van der Waals surface area contributed by atoms with Gasteiger partial charge in [-0.15, -0.1) is 0 Å². The van der Waals surface area contributed by atoms with E-state index in [0.29, 0.717) is 38.7 Å². The summed E-state index contributed by atoms with van der Waals surface area (Å²) in [7, 11) is -1.62. The third-order valence-corrected chi connectivity index (χ3v) is 8.15. The van der Waals surface area contributed by atoms with Gasteiger partial charge in [-0.3, -0.25) is 9.59 Å². The highest BCUT2D eigenvalue weighted by Crippen LogP contribution is 2.37. The lowest BCUT2D eigenvalue weighted by Gasteiger charge is -2.24. The minimum atomic E-state index is -1.62. The Morgan fingerprint density at radius 2 is 1.61 bits per heavy atom. The topological polar surface area (TPSA) is 57.7 Å². The van der Waals surface area contributed by atoms with Crippen molar-refractivity contribution in [3.8, 4) is 0 Å². The first-order valence-corrected chi connectivity index (χ1v) is 12.8. The van der Waals surface area contributed by atoms with Gasteiger partial charge in [0.2, 0.25) is 0 Å². The number of halogens is 1. The molecule has 0 spiro atoms. The van der Waals surface area contributed by atoms with Crippen LogP contribution in [0.25, 0.3) is 0 Å². The summed E-state index contributed by atoms with van der Waals surface area (Å²) in [6, 6.07) is 25.6. The summed E-state index contributed by atoms with van der Waals surface area (Å²) in [5.41, 5.74) is 3.88. The molecule has 2 aliphatic rings. The number of fused-ring (bicyclic) bond motifs is 3. The highest BCUT2D eigenvalue weighted by atomic mass is 32.2. The van der Waals surface area contributed by atoms with Crippen molar-refractivity contribution >= 4 is 34.0 Å². The predicted octanol–water partition coefficient (Wildman–Crippen LogP) is 5.36. The zero-order valence-corrected chi connectivity index (χ0v) is 20.0. The maximum Gasteiger partial charge on any atom is 0.259 e. The van der Waals surface area contributed by atoms with Crippen LogP contribution >= 0.6 is 0 Å². The molecule has 0 radical (unpaired) electrons. The molecule has 4 aromatic carbocycles. The van der Waals surface area contributed by atoms with Crippen LogP contribution in [0.5, 0.6) is 0 Å². The minimum Gasteiger partial charge on any atom is -0.308 e. The second-order valence-corrected chi connectivity index (χ2v) is 10.2. The third kappa shape index (κ3) is 3.72. The molecule has 2 aliphatic heterocycles. The van der Waals surface area contributed by atoms with Gasteiger partial charge in [0.05, 0.1) is 38.4 Å². The minimum absolute atomic E-state index is 0.141. The number of benzene rings is 4. The van der Waals surface area contributed by atoms with Crippen LogP contribution in [0.1, 0.15) is 31.8 Å². The van der Waals surface area contributed by atoms with Crippen LogP contribution in [0.3, 0.4) is 0 Å². The smallest absolute Gasteiger partial charge is 0.259 e. The van der Waals surface area contributed by atoms with E-state index in [0.717, 1.165) is 17.7 Å². The molecule has 0 bridgehead atoms. The number of anilines is 2. The van der Waals surface area contributed by atoms with Crippen LogP contribution in [0, 0.1) is 5.82 Å². The van der Waals surface area contributed by atoms with E-state index in [1.807, 2.05) is 24.3 Å². The average Bonchev–Trinajstić information content (AvgIpc) is 3.32. The van der Waals surface area contributed by atoms with Gasteiger partial charge in [-0.1, -0.05) is 42.5 Å². The summed E-state index contributed by atoms with van der Waals surface area (Å²) in [6.07, 6.45) is 0.779. The molecule has 6 rings (SSSR count). The van der Waals surface area contributed by atoms with Gasteiger partial charge in [0.15, 0.2) is 0 Å². The zero-order valence-electron chi connectivity index (χ0n) is 19.2. The van der Waals surface area contributed by atoms with E-state index in [4.69, 9.17) is 0 Å². The van der Waals surface area contributed by atoms with E-state index in [1.165, 1.54) is 17.0 Å². The van der Waals surface area contributed by atoms with E-state index in [1.54, 1.807) is 59.5 Å². The predicted molar refractivity (Wildman–Crippen MR) is 136 cm³/mol. The van der Waals surface area contributed by atoms with Crippen molar-refractivity contribution < 1.29 is 18.2 Å². The number of para-hydroxylation sites is 1. The summed E-state index contributed by atoms with van der Waals surface area (Å²) in [5, 5.41) is 0. The fourth-order valence-electron chi connectivity index (χ4n) is 4.83. The molecule has 2 heterocycles. The summed E-state index contributed by atoms with van der Waals surface area (Å²) >= 11 is 0. The molecule has 7 heteroatoms. The first-order valence-electron chi connectivity index (χ1n) is 11.6. The van der Waals surface area contributed by atoms with Crippen LogP contribution in [0.15, 0.2) is 101 Å². The SMILES string of the molecule is O=C(c1ccc2c(c1)N(Cc1ccc(F)cc1)C(=O)c1ccccc1S2=O)N1CCc2ccccc21. The molecular weight excluding hydrogens is 475 g/mol. The van der Waals surface area contributed by atoms with E-state index in [2.05, 4.69) is 0 Å². The van der Waals surface area contributed by atoms with Crippen molar-refractivity contribution in [2.45, 2.75) is 22.8 Å². The molecule has 1 unspecified atom stereocenters. The lowest BCUT2D eigenvalue weighted by Crippen LogP contribution is -2.32. The summed E-state index contributed by atoms with van der Waals surface area (Å²) in [4.78, 5) is 31.5. The van der Waals surface area contributed by atoms with Gasteiger partial charge in [0.25, 0.3) is 11.8 Å². The number of amides is 2. The number of rotatable bonds is 3. The first-order chi connectivity index (χ1) is 17.5. The maximum absolute atomic E-state index is 13.7. The number of hydrogen-bond donors (Lipinski definition) is 0. The van der Waals surface area contributed by atoms with E-state index < -0.39 is 10.8 Å². The number of hydrogen-bond acceptors (Lipinski definition) is 3. The molecule has 2 amide bonds. The Labute approximate surface area is 210 Å². The molecule has 4 aromatic rings. The van der Waals surface area contributed by atoms with Crippen molar-refractivity contribution in [2.24, 2.45) is 0 Å². The Balaban J connectivity index is 1.46. The van der Waals surface area contributed by atoms with Gasteiger partial charge in [0.1, 0.15) is 5.82 Å². The fourth-order valence-corrected chi connectivity index (χ4v) is 6.18. The van der Waals surface area contributed by atoms with Crippen LogP contribution < -0.4 is 9.80 Å². The highest BCUT2D eigenvalue weighted by Gasteiger charge is 2.33. The fraction of sp³-hybridized carbons (Fsp3) is 0.103. The first kappa shape index (κ1) is 22.4. The number of nitrogens with zero attached hydrogens (tertiary/aromatic N) is 2. The van der Waals surface area contributed by atoms with Crippen LogP contribution in [-0.2, 0) is 23.8 Å². The molecule has 0 fully saturated rings. The van der Waals surface area contributed by atoms with Crippen LogP contribution in [0.4, 0.5) is 15.8 Å². The number of carbonyl (C=O) groups excluding carboxylic acids is 2. The zero-order chi connectivity index (χ0) is 24.8. The van der Waals surface area contributed by atoms with Gasteiger partial charge in [0, 0.05) is 17.8 Å².